The van der Waals surface area contributed by atoms with Gasteiger partial charge in [-0.1, -0.05) is 61.6 Å². The van der Waals surface area contributed by atoms with Crippen LogP contribution in [-0.4, -0.2) is 3.71 Å². The molecule has 0 aromatic heterocycles. The van der Waals surface area contributed by atoms with Crippen molar-refractivity contribution in [2.24, 2.45) is 29.1 Å². The largest absolute Gasteiger partial charge is 0.179 e. The standard InChI is InChI=1S/C18H25.C13H9.C8H8.Zr/c1-12-3-13(2)17(4-12)11-18-8-14-5-15(9-18)7-16(6-14)10-18;1-3-7-12-10(5-1)9-11-6-2-4-8-13(11)12;1-7-3-5-8(2)6-4-7;/h4,12,14-16H,5-11H2,1-2H3;1-5,7-8H,9H2;1,3-6H,2H3;/q2*-1;;+2. The van der Waals surface area contributed by atoms with Crippen molar-refractivity contribution < 1.29 is 24.2 Å². The Balaban J connectivity index is 0.000000116. The van der Waals surface area contributed by atoms with Gasteiger partial charge in [0.15, 0.2) is 0 Å². The van der Waals surface area contributed by atoms with Gasteiger partial charge in [0, 0.05) is 0 Å². The molecule has 40 heavy (non-hydrogen) atoms. The van der Waals surface area contributed by atoms with Gasteiger partial charge in [-0.05, 0) is 68.1 Å². The number of fused-ring (bicyclic) bond motifs is 3. The Morgan fingerprint density at radius 2 is 1.50 bits per heavy atom. The summed E-state index contributed by atoms with van der Waals surface area (Å²) in [5.41, 5.74) is 12.0. The number of aryl methyl sites for hydroxylation is 1. The van der Waals surface area contributed by atoms with Gasteiger partial charge in [0.1, 0.15) is 0 Å². The molecule has 0 nitrogen and oxygen atoms in total. The van der Waals surface area contributed by atoms with Gasteiger partial charge in [-0.25, -0.2) is 5.57 Å². The summed E-state index contributed by atoms with van der Waals surface area (Å²) in [6.07, 6.45) is 17.8. The van der Waals surface area contributed by atoms with Crippen molar-refractivity contribution in [2.45, 2.75) is 72.1 Å². The molecule has 1 unspecified atom stereocenters. The number of benzene rings is 3. The molecule has 4 saturated carbocycles. The second-order valence-electron chi connectivity index (χ2n) is 13.3. The molecule has 4 fully saturated rings. The van der Waals surface area contributed by atoms with Crippen LogP contribution in [-0.2, 0) is 30.7 Å². The first-order chi connectivity index (χ1) is 19.4. The van der Waals surface area contributed by atoms with Crippen molar-refractivity contribution in [3.63, 3.8) is 0 Å². The Morgan fingerprint density at radius 3 is 2.12 bits per heavy atom. The third-order valence-electron chi connectivity index (χ3n) is 9.97. The Bertz CT molecular complexity index is 1340. The van der Waals surface area contributed by atoms with E-state index >= 15 is 0 Å². The third-order valence-corrected chi connectivity index (χ3v) is 10.8. The Kier molecular flexibility index (Phi) is 8.42. The second kappa shape index (κ2) is 12.0. The van der Waals surface area contributed by atoms with Gasteiger partial charge in [-0.2, -0.15) is 41.5 Å². The minimum absolute atomic E-state index is 0.564. The van der Waals surface area contributed by atoms with E-state index in [1.165, 1.54) is 69.6 Å². The van der Waals surface area contributed by atoms with E-state index in [1.54, 1.807) is 44.1 Å². The minimum Gasteiger partial charge on any atom is -0.179 e. The van der Waals surface area contributed by atoms with Gasteiger partial charge < -0.3 is 0 Å². The summed E-state index contributed by atoms with van der Waals surface area (Å²) in [6.45, 7) is 6.65. The van der Waals surface area contributed by atoms with Crippen LogP contribution in [0.2, 0.25) is 0 Å². The maximum Gasteiger partial charge on any atom is -0.0253 e. The number of hydrogen-bond donors (Lipinski definition) is 0. The van der Waals surface area contributed by atoms with Crippen molar-refractivity contribution in [1.82, 2.24) is 0 Å². The number of hydrogen-bond acceptors (Lipinski definition) is 0. The topological polar surface area (TPSA) is 0 Å². The van der Waals surface area contributed by atoms with Gasteiger partial charge in [-0.3, -0.25) is 6.08 Å². The van der Waals surface area contributed by atoms with Crippen LogP contribution in [0.15, 0.2) is 84.0 Å². The van der Waals surface area contributed by atoms with E-state index in [4.69, 9.17) is 0 Å². The smallest absolute Gasteiger partial charge is 0.0253 e. The van der Waals surface area contributed by atoms with Crippen LogP contribution in [0, 0.1) is 48.2 Å². The molecule has 0 heterocycles. The molecule has 0 radical (unpaired) electrons. The minimum atomic E-state index is 0.564. The van der Waals surface area contributed by atoms with Crippen LogP contribution >= 0.6 is 0 Å². The van der Waals surface area contributed by atoms with Crippen LogP contribution in [0.4, 0.5) is 0 Å². The molecule has 0 spiro atoms. The fraction of sp³-hybridized carbons (Fsp3) is 0.410. The van der Waals surface area contributed by atoms with Gasteiger partial charge in [0.05, 0.1) is 0 Å². The molecule has 0 aliphatic heterocycles. The predicted molar refractivity (Wildman–Crippen MR) is 165 cm³/mol. The zero-order chi connectivity index (χ0) is 27.7. The van der Waals surface area contributed by atoms with Crippen LogP contribution < -0.4 is 0 Å². The first kappa shape index (κ1) is 28.0. The van der Waals surface area contributed by atoms with E-state index in [1.807, 2.05) is 6.07 Å². The molecule has 0 saturated heterocycles. The molecule has 1 atom stereocenters. The van der Waals surface area contributed by atoms with Crippen molar-refractivity contribution >= 4 is 3.71 Å². The SMILES string of the molecule is CC1=[C-]C(C)C=C1CC12CC3CC(CC(C3)C1)C2.Cc1ccc([CH]=[Zr+2])cc1.[c-]1cccc2c1Cc1ccccc1-2. The van der Waals surface area contributed by atoms with E-state index in [0.717, 1.165) is 24.2 Å². The van der Waals surface area contributed by atoms with Crippen molar-refractivity contribution in [3.8, 4) is 11.1 Å². The molecule has 6 aliphatic carbocycles. The molecular formula is C39H42Zr. The molecule has 9 rings (SSSR count). The number of rotatable bonds is 3. The van der Waals surface area contributed by atoms with Crippen LogP contribution in [0.25, 0.3) is 11.1 Å². The Hall–Kier alpha value is -2.11. The first-order valence-corrected chi connectivity index (χ1v) is 16.8. The molecule has 0 amide bonds. The van der Waals surface area contributed by atoms with Crippen molar-refractivity contribution in [1.29, 1.82) is 0 Å². The van der Waals surface area contributed by atoms with Crippen LogP contribution in [0.5, 0.6) is 0 Å². The molecule has 4 bridgehead atoms. The normalized spacial score (nSPS) is 28.3. The van der Waals surface area contributed by atoms with Gasteiger partial charge >= 0.3 is 70.3 Å². The summed E-state index contributed by atoms with van der Waals surface area (Å²) < 4.78 is 2.19. The Morgan fingerprint density at radius 1 is 0.850 bits per heavy atom. The first-order valence-electron chi connectivity index (χ1n) is 15.4. The van der Waals surface area contributed by atoms with Crippen molar-refractivity contribution in [3.05, 3.63) is 118 Å². The molecule has 6 aliphatic rings. The maximum atomic E-state index is 3.57. The predicted octanol–water partition coefficient (Wildman–Crippen LogP) is 9.67. The molecule has 0 N–H and O–H groups in total. The van der Waals surface area contributed by atoms with Gasteiger partial charge in [0.25, 0.3) is 0 Å². The fourth-order valence-electron chi connectivity index (χ4n) is 8.66. The van der Waals surface area contributed by atoms with E-state index in [2.05, 4.69) is 103 Å². The molecule has 3 aromatic carbocycles. The quantitative estimate of drug-likeness (QED) is 0.205. The molecule has 202 valence electrons. The summed E-state index contributed by atoms with van der Waals surface area (Å²) in [6, 6.07) is 26.7. The zero-order valence-corrected chi connectivity index (χ0v) is 26.9. The summed E-state index contributed by atoms with van der Waals surface area (Å²) in [5.74, 6) is 3.82. The van der Waals surface area contributed by atoms with Crippen LogP contribution in [0.3, 0.4) is 0 Å². The second-order valence-corrected chi connectivity index (χ2v) is 14.0. The Labute approximate surface area is 257 Å². The third kappa shape index (κ3) is 6.21. The summed E-state index contributed by atoms with van der Waals surface area (Å²) >= 11 is 1.47. The molecule has 3 aromatic rings. The maximum absolute atomic E-state index is 3.57. The summed E-state index contributed by atoms with van der Waals surface area (Å²) in [4.78, 5) is 0. The van der Waals surface area contributed by atoms with Gasteiger partial charge in [-0.15, -0.1) is 5.56 Å². The average Bonchev–Trinajstić information content (AvgIpc) is 3.47. The van der Waals surface area contributed by atoms with Crippen LogP contribution in [0.1, 0.15) is 81.0 Å². The zero-order valence-electron chi connectivity index (χ0n) is 24.5. The molecule has 1 heteroatoms. The monoisotopic (exact) mass is 600 g/mol. The summed E-state index contributed by atoms with van der Waals surface area (Å²) in [5, 5.41) is 0. The van der Waals surface area contributed by atoms with E-state index in [0.29, 0.717) is 11.3 Å². The number of allylic oxidation sites excluding steroid dienone is 4. The molecular weight excluding hydrogens is 560 g/mol. The van der Waals surface area contributed by atoms with E-state index in [-0.39, 0.29) is 0 Å². The van der Waals surface area contributed by atoms with E-state index in [9.17, 15) is 0 Å². The summed E-state index contributed by atoms with van der Waals surface area (Å²) in [7, 11) is 0. The van der Waals surface area contributed by atoms with Gasteiger partial charge in [0.2, 0.25) is 0 Å². The van der Waals surface area contributed by atoms with E-state index < -0.39 is 0 Å². The average molecular weight is 602 g/mol. The fourth-order valence-corrected chi connectivity index (χ4v) is 9.14. The van der Waals surface area contributed by atoms with Crippen molar-refractivity contribution in [2.75, 3.05) is 0 Å².